The molecule has 3 nitrogen and oxygen atoms in total. The molecule has 1 aromatic heterocycles. The third kappa shape index (κ3) is 2.84. The van der Waals surface area contributed by atoms with Crippen molar-refractivity contribution in [2.45, 2.75) is 46.2 Å². The van der Waals surface area contributed by atoms with Crippen LogP contribution in [0.3, 0.4) is 0 Å². The first-order valence-electron chi connectivity index (χ1n) is 8.81. The van der Waals surface area contributed by atoms with Crippen LogP contribution >= 0.6 is 11.3 Å². The first-order valence-corrected chi connectivity index (χ1v) is 9.62. The summed E-state index contributed by atoms with van der Waals surface area (Å²) in [5.41, 5.74) is 2.71. The van der Waals surface area contributed by atoms with Crippen molar-refractivity contribution in [1.82, 2.24) is 5.32 Å². The smallest absolute Gasteiger partial charge is 0.256 e. The maximum absolute atomic E-state index is 14.1. The minimum atomic E-state index is -0.514. The van der Waals surface area contributed by atoms with Gasteiger partial charge in [0.25, 0.3) is 5.91 Å². The van der Waals surface area contributed by atoms with Gasteiger partial charge in [-0.2, -0.15) is 0 Å². The van der Waals surface area contributed by atoms with Crippen molar-refractivity contribution >= 4 is 22.2 Å². The monoisotopic (exact) mass is 358 g/mol. The standard InChI is InChI=1S/C20H23FN2OS/c1-20(2,3)11-8-9-13-15(10-11)25-19-16(13)18(24)22-17(23-19)12-6-4-5-7-14(12)21/h4-7,11,17,23H,8-10H2,1-3H3,(H,22,24). The molecule has 0 radical (unpaired) electrons. The summed E-state index contributed by atoms with van der Waals surface area (Å²) in [4.78, 5) is 14.0. The van der Waals surface area contributed by atoms with Gasteiger partial charge < -0.3 is 10.6 Å². The third-order valence-electron chi connectivity index (χ3n) is 5.48. The third-order valence-corrected chi connectivity index (χ3v) is 6.67. The number of hydrogen-bond donors (Lipinski definition) is 2. The van der Waals surface area contributed by atoms with Gasteiger partial charge in [-0.25, -0.2) is 4.39 Å². The molecule has 1 aliphatic carbocycles. The van der Waals surface area contributed by atoms with Crippen LogP contribution in [0.4, 0.5) is 9.39 Å². The van der Waals surface area contributed by atoms with Gasteiger partial charge in [-0.05, 0) is 42.2 Å². The molecular formula is C20H23FN2OS. The van der Waals surface area contributed by atoms with Crippen molar-refractivity contribution in [3.63, 3.8) is 0 Å². The van der Waals surface area contributed by atoms with Crippen molar-refractivity contribution in [1.29, 1.82) is 0 Å². The van der Waals surface area contributed by atoms with Crippen LogP contribution in [0.15, 0.2) is 24.3 Å². The van der Waals surface area contributed by atoms with Gasteiger partial charge in [0.2, 0.25) is 0 Å². The van der Waals surface area contributed by atoms with Crippen LogP contribution in [-0.2, 0) is 12.8 Å². The molecule has 2 aromatic rings. The summed E-state index contributed by atoms with van der Waals surface area (Å²) in [6, 6.07) is 6.58. The second-order valence-corrected chi connectivity index (χ2v) is 9.19. The number of carbonyl (C=O) groups excluding carboxylic acids is 1. The molecular weight excluding hydrogens is 335 g/mol. The molecule has 2 unspecified atom stereocenters. The predicted molar refractivity (Wildman–Crippen MR) is 99.5 cm³/mol. The Kier molecular flexibility index (Phi) is 3.87. The zero-order chi connectivity index (χ0) is 17.8. The molecule has 0 saturated heterocycles. The lowest BCUT2D eigenvalue weighted by Crippen LogP contribution is -2.38. The van der Waals surface area contributed by atoms with E-state index in [1.807, 2.05) is 0 Å². The molecule has 0 spiro atoms. The minimum absolute atomic E-state index is 0.0892. The summed E-state index contributed by atoms with van der Waals surface area (Å²) in [5.74, 6) is 0.233. The Balaban J connectivity index is 1.67. The normalized spacial score (nSPS) is 22.6. The van der Waals surface area contributed by atoms with Crippen molar-refractivity contribution in [2.24, 2.45) is 11.3 Å². The Hall–Kier alpha value is -1.88. The summed E-state index contributed by atoms with van der Waals surface area (Å²) in [5, 5.41) is 7.15. The van der Waals surface area contributed by atoms with E-state index in [1.54, 1.807) is 29.5 Å². The van der Waals surface area contributed by atoms with Gasteiger partial charge in [0, 0.05) is 10.4 Å². The zero-order valence-corrected chi connectivity index (χ0v) is 15.6. The highest BCUT2D eigenvalue weighted by atomic mass is 32.1. The van der Waals surface area contributed by atoms with Gasteiger partial charge in [0.05, 0.1) is 5.56 Å². The lowest BCUT2D eigenvalue weighted by atomic mass is 9.72. The van der Waals surface area contributed by atoms with Crippen molar-refractivity contribution < 1.29 is 9.18 Å². The lowest BCUT2D eigenvalue weighted by Gasteiger charge is -2.34. The number of thiophene rings is 1. The summed E-state index contributed by atoms with van der Waals surface area (Å²) in [6.45, 7) is 6.86. The summed E-state index contributed by atoms with van der Waals surface area (Å²) in [7, 11) is 0. The molecule has 2 heterocycles. The highest BCUT2D eigenvalue weighted by Gasteiger charge is 2.36. The number of fused-ring (bicyclic) bond motifs is 3. The van der Waals surface area contributed by atoms with Crippen LogP contribution in [0.1, 0.15) is 59.7 Å². The molecule has 2 N–H and O–H groups in total. The van der Waals surface area contributed by atoms with Crippen LogP contribution in [0, 0.1) is 17.2 Å². The number of benzene rings is 1. The average molecular weight is 358 g/mol. The Labute approximate surface area is 151 Å². The summed E-state index contributed by atoms with van der Waals surface area (Å²) in [6.07, 6.45) is 2.57. The SMILES string of the molecule is CC(C)(C)C1CCc2c(sc3c2C(=O)NC(c2ccccc2F)N3)C1. The van der Waals surface area contributed by atoms with E-state index in [2.05, 4.69) is 31.4 Å². The molecule has 5 heteroatoms. The Bertz CT molecular complexity index is 837. The maximum atomic E-state index is 14.1. The number of nitrogens with one attached hydrogen (secondary N) is 2. The van der Waals surface area contributed by atoms with E-state index in [1.165, 1.54) is 16.5 Å². The zero-order valence-electron chi connectivity index (χ0n) is 14.8. The molecule has 1 aliphatic heterocycles. The van der Waals surface area contributed by atoms with E-state index in [-0.39, 0.29) is 17.1 Å². The Morgan fingerprint density at radius 2 is 1.96 bits per heavy atom. The number of halogens is 1. The van der Waals surface area contributed by atoms with Crippen LogP contribution in [0.25, 0.3) is 0 Å². The number of hydrogen-bond acceptors (Lipinski definition) is 3. The summed E-state index contributed by atoms with van der Waals surface area (Å²) < 4.78 is 14.1. The largest absolute Gasteiger partial charge is 0.353 e. The second-order valence-electron chi connectivity index (χ2n) is 8.09. The van der Waals surface area contributed by atoms with Crippen LogP contribution < -0.4 is 10.6 Å². The van der Waals surface area contributed by atoms with Gasteiger partial charge in [0.1, 0.15) is 17.0 Å². The van der Waals surface area contributed by atoms with Crippen LogP contribution in [0.2, 0.25) is 0 Å². The molecule has 0 fully saturated rings. The first-order chi connectivity index (χ1) is 11.8. The number of anilines is 1. The molecule has 1 amide bonds. The first kappa shape index (κ1) is 16.6. The van der Waals surface area contributed by atoms with Crippen LogP contribution in [-0.4, -0.2) is 5.91 Å². The highest BCUT2D eigenvalue weighted by Crippen LogP contribution is 2.46. The second kappa shape index (κ2) is 5.84. The minimum Gasteiger partial charge on any atom is -0.353 e. The quantitative estimate of drug-likeness (QED) is 0.762. The molecule has 2 aliphatic rings. The van der Waals surface area contributed by atoms with Gasteiger partial charge in [-0.1, -0.05) is 39.0 Å². The van der Waals surface area contributed by atoms with E-state index >= 15 is 0 Å². The number of rotatable bonds is 1. The topological polar surface area (TPSA) is 41.1 Å². The van der Waals surface area contributed by atoms with E-state index < -0.39 is 6.17 Å². The molecule has 132 valence electrons. The maximum Gasteiger partial charge on any atom is 0.256 e. The molecule has 2 atom stereocenters. The molecule has 1 aromatic carbocycles. The van der Waals surface area contributed by atoms with Crippen molar-refractivity contribution in [3.05, 3.63) is 51.7 Å². The van der Waals surface area contributed by atoms with Gasteiger partial charge >= 0.3 is 0 Å². The molecule has 0 saturated carbocycles. The van der Waals surface area contributed by atoms with Crippen molar-refractivity contribution in [2.75, 3.05) is 5.32 Å². The van der Waals surface area contributed by atoms with Gasteiger partial charge in [-0.3, -0.25) is 4.79 Å². The fraction of sp³-hybridized carbons (Fsp3) is 0.450. The molecule has 4 rings (SSSR count). The summed E-state index contributed by atoms with van der Waals surface area (Å²) >= 11 is 1.67. The Morgan fingerprint density at radius 3 is 2.68 bits per heavy atom. The van der Waals surface area contributed by atoms with Crippen LogP contribution in [0.5, 0.6) is 0 Å². The highest BCUT2D eigenvalue weighted by molar-refractivity contribution is 7.16. The fourth-order valence-electron chi connectivity index (χ4n) is 3.90. The van der Waals surface area contributed by atoms with Gasteiger partial charge in [0.15, 0.2) is 0 Å². The molecule has 0 bridgehead atoms. The van der Waals surface area contributed by atoms with E-state index in [9.17, 15) is 9.18 Å². The Morgan fingerprint density at radius 1 is 1.20 bits per heavy atom. The number of amides is 1. The number of carbonyl (C=O) groups is 1. The van der Waals surface area contributed by atoms with E-state index in [4.69, 9.17) is 0 Å². The van der Waals surface area contributed by atoms with E-state index in [0.29, 0.717) is 11.5 Å². The average Bonchev–Trinajstić information content (AvgIpc) is 2.92. The lowest BCUT2D eigenvalue weighted by molar-refractivity contribution is 0.0934. The van der Waals surface area contributed by atoms with Gasteiger partial charge in [-0.15, -0.1) is 11.3 Å². The predicted octanol–water partition coefficient (Wildman–Crippen LogP) is 4.89. The van der Waals surface area contributed by atoms with Crippen molar-refractivity contribution in [3.8, 4) is 0 Å². The fourth-order valence-corrected chi connectivity index (χ4v) is 5.26. The molecule has 25 heavy (non-hydrogen) atoms. The van der Waals surface area contributed by atoms with E-state index in [0.717, 1.165) is 29.8 Å².